The van der Waals surface area contributed by atoms with Crippen molar-refractivity contribution in [3.05, 3.63) is 36.3 Å². The van der Waals surface area contributed by atoms with E-state index in [4.69, 9.17) is 14.9 Å². The fourth-order valence-corrected chi connectivity index (χ4v) is 3.03. The lowest BCUT2D eigenvalue weighted by Crippen LogP contribution is -2.42. The van der Waals surface area contributed by atoms with Gasteiger partial charge in [0, 0.05) is 6.54 Å². The van der Waals surface area contributed by atoms with E-state index in [1.54, 1.807) is 19.1 Å². The molecule has 150 valence electrons. The average Bonchev–Trinajstić information content (AvgIpc) is 3.41. The van der Waals surface area contributed by atoms with Crippen LogP contribution in [0.15, 0.2) is 29.1 Å². The summed E-state index contributed by atoms with van der Waals surface area (Å²) >= 11 is 0. The summed E-state index contributed by atoms with van der Waals surface area (Å²) in [6, 6.07) is 3.39. The quantitative estimate of drug-likeness (QED) is 0.412. The van der Waals surface area contributed by atoms with Gasteiger partial charge >= 0.3 is 0 Å². The number of ether oxygens (including phenoxy) is 1. The maximum absolute atomic E-state index is 12.1. The summed E-state index contributed by atoms with van der Waals surface area (Å²) in [7, 11) is 0. The van der Waals surface area contributed by atoms with Gasteiger partial charge in [-0.3, -0.25) is 9.36 Å². The molecule has 0 aromatic carbocycles. The number of nitrogen functional groups attached to an aromatic ring is 1. The predicted octanol–water partition coefficient (Wildman–Crippen LogP) is -0.843. The fourth-order valence-electron chi connectivity index (χ4n) is 3.03. The van der Waals surface area contributed by atoms with Gasteiger partial charge in [-0.15, -0.1) is 0 Å². The van der Waals surface area contributed by atoms with Crippen molar-refractivity contribution in [1.29, 1.82) is 0 Å². The first-order valence-electron chi connectivity index (χ1n) is 8.84. The molecule has 1 fully saturated rings. The third-order valence-corrected chi connectivity index (χ3v) is 4.39. The number of carbonyl (C=O) groups is 1. The molecule has 1 saturated heterocycles. The number of likely N-dealkylation sites (N-methyl/N-ethyl adjacent to an activating group) is 1. The maximum atomic E-state index is 12.1. The molecular weight excluding hydrogens is 380 g/mol. The lowest BCUT2D eigenvalue weighted by atomic mass is 10.1. The van der Waals surface area contributed by atoms with Crippen molar-refractivity contribution in [3.63, 3.8) is 0 Å². The van der Waals surface area contributed by atoms with Crippen LogP contribution in [-0.2, 0) is 9.53 Å². The van der Waals surface area contributed by atoms with Crippen molar-refractivity contribution in [1.82, 2.24) is 24.8 Å². The second-order valence-corrected chi connectivity index (χ2v) is 6.31. The number of furan rings is 1. The molecule has 11 heteroatoms. The Bertz CT molecular complexity index is 1100. The van der Waals surface area contributed by atoms with E-state index >= 15 is 0 Å². The summed E-state index contributed by atoms with van der Waals surface area (Å²) in [5.74, 6) is 5.62. The Hall–Kier alpha value is -3.46. The van der Waals surface area contributed by atoms with E-state index in [2.05, 4.69) is 32.1 Å². The Morgan fingerprint density at radius 2 is 2.17 bits per heavy atom. The number of fused-ring (bicyclic) bond motifs is 1. The second kappa shape index (κ2) is 7.51. The van der Waals surface area contributed by atoms with Crippen LogP contribution in [0.1, 0.15) is 24.7 Å². The molecule has 3 aromatic heterocycles. The molecule has 1 aliphatic heterocycles. The highest BCUT2D eigenvalue weighted by atomic mass is 16.6. The van der Waals surface area contributed by atoms with Gasteiger partial charge in [0.05, 0.1) is 12.6 Å². The lowest BCUT2D eigenvalue weighted by Gasteiger charge is -2.16. The molecule has 5 N–H and O–H groups in total. The molecule has 0 unspecified atom stereocenters. The highest BCUT2D eigenvalue weighted by molar-refractivity contribution is 5.83. The zero-order valence-corrected chi connectivity index (χ0v) is 15.3. The Balaban J connectivity index is 1.70. The van der Waals surface area contributed by atoms with E-state index in [9.17, 15) is 15.0 Å². The van der Waals surface area contributed by atoms with Gasteiger partial charge in [-0.2, -0.15) is 0 Å². The van der Waals surface area contributed by atoms with Crippen molar-refractivity contribution >= 4 is 22.9 Å². The number of amides is 1. The molecule has 1 aliphatic rings. The van der Waals surface area contributed by atoms with Crippen LogP contribution in [-0.4, -0.2) is 60.5 Å². The number of nitrogens with one attached hydrogen (secondary N) is 1. The Kier molecular flexibility index (Phi) is 4.89. The van der Waals surface area contributed by atoms with Crippen molar-refractivity contribution < 1.29 is 24.2 Å². The minimum atomic E-state index is -1.42. The lowest BCUT2D eigenvalue weighted by molar-refractivity contribution is -0.137. The number of hydrogen-bond acceptors (Lipinski definition) is 9. The van der Waals surface area contributed by atoms with E-state index < -0.39 is 30.4 Å². The molecule has 0 spiro atoms. The number of nitrogens with zero attached hydrogens (tertiary/aromatic N) is 4. The van der Waals surface area contributed by atoms with Gasteiger partial charge in [0.25, 0.3) is 5.91 Å². The summed E-state index contributed by atoms with van der Waals surface area (Å²) in [6.07, 6.45) is -2.28. The van der Waals surface area contributed by atoms with E-state index in [0.29, 0.717) is 12.3 Å². The number of carbonyl (C=O) groups excluding carboxylic acids is 1. The van der Waals surface area contributed by atoms with Crippen LogP contribution in [0.25, 0.3) is 11.2 Å². The summed E-state index contributed by atoms with van der Waals surface area (Å²) < 4.78 is 12.1. The minimum absolute atomic E-state index is 0.0887. The van der Waals surface area contributed by atoms with Gasteiger partial charge < -0.3 is 30.4 Å². The average molecular weight is 398 g/mol. The molecule has 11 nitrogen and oxygen atoms in total. The minimum Gasteiger partial charge on any atom is -0.456 e. The Morgan fingerprint density at radius 1 is 1.34 bits per heavy atom. The number of anilines is 1. The number of nitrogens with two attached hydrogens (primary N) is 1. The monoisotopic (exact) mass is 398 g/mol. The molecule has 0 bridgehead atoms. The zero-order chi connectivity index (χ0) is 20.5. The van der Waals surface area contributed by atoms with Gasteiger partial charge in [-0.25, -0.2) is 15.0 Å². The van der Waals surface area contributed by atoms with E-state index in [0.717, 1.165) is 0 Å². The standard InChI is InChI=1S/C18H18N6O5/c1-2-20-17(27)14-12(25)13(26)18(29-14)24-8-21-11-15(19)22-10(23-16(11)24)6-5-9-4-3-7-28-9/h3-4,7-8,12-14,18,25-26H,2H2,1H3,(H,20,27)(H2,19,22,23)/t12-,13+,14-,18+/m0/s1. The SMILES string of the molecule is CCNC(=O)[C@H]1O[C@@H](n2cnc3c(N)nc(C#Cc4ccco4)nc32)[C@H](O)[C@@H]1O. The van der Waals surface area contributed by atoms with Crippen LogP contribution in [0.5, 0.6) is 0 Å². The molecule has 1 amide bonds. The Labute approximate surface area is 164 Å². The zero-order valence-electron chi connectivity index (χ0n) is 15.3. The van der Waals surface area contributed by atoms with Crippen molar-refractivity contribution in [2.45, 2.75) is 31.5 Å². The van der Waals surface area contributed by atoms with Gasteiger partial charge in [0.15, 0.2) is 29.6 Å². The van der Waals surface area contributed by atoms with Gasteiger partial charge in [-0.05, 0) is 30.9 Å². The van der Waals surface area contributed by atoms with Crippen LogP contribution in [0.3, 0.4) is 0 Å². The normalized spacial score (nSPS) is 23.7. The summed E-state index contributed by atoms with van der Waals surface area (Å²) in [6.45, 7) is 2.10. The van der Waals surface area contributed by atoms with Gasteiger partial charge in [0.2, 0.25) is 5.82 Å². The van der Waals surface area contributed by atoms with Gasteiger partial charge in [-0.1, -0.05) is 0 Å². The van der Waals surface area contributed by atoms with Crippen molar-refractivity contribution in [3.8, 4) is 11.8 Å². The van der Waals surface area contributed by atoms with Crippen LogP contribution in [0.4, 0.5) is 5.82 Å². The molecule has 0 saturated carbocycles. The molecule has 4 heterocycles. The molecule has 0 aliphatic carbocycles. The number of hydrogen-bond donors (Lipinski definition) is 4. The molecule has 0 radical (unpaired) electrons. The fraction of sp³-hybridized carbons (Fsp3) is 0.333. The first kappa shape index (κ1) is 18.9. The van der Waals surface area contributed by atoms with Crippen molar-refractivity contribution in [2.24, 2.45) is 0 Å². The Morgan fingerprint density at radius 3 is 2.90 bits per heavy atom. The largest absolute Gasteiger partial charge is 0.456 e. The third-order valence-electron chi connectivity index (χ3n) is 4.39. The number of aromatic nitrogens is 4. The summed E-state index contributed by atoms with van der Waals surface area (Å²) in [5.41, 5.74) is 6.48. The van der Waals surface area contributed by atoms with Crippen LogP contribution < -0.4 is 11.1 Å². The number of rotatable bonds is 3. The second-order valence-electron chi connectivity index (χ2n) is 6.31. The molecule has 4 rings (SSSR count). The summed E-state index contributed by atoms with van der Waals surface area (Å²) in [5, 5.41) is 23.2. The number of aliphatic hydroxyl groups is 2. The van der Waals surface area contributed by atoms with E-state index in [1.807, 2.05) is 0 Å². The van der Waals surface area contributed by atoms with Crippen molar-refractivity contribution in [2.75, 3.05) is 12.3 Å². The van der Waals surface area contributed by atoms with Crippen LogP contribution in [0, 0.1) is 11.8 Å². The highest BCUT2D eigenvalue weighted by Gasteiger charge is 2.47. The van der Waals surface area contributed by atoms with Crippen LogP contribution in [0.2, 0.25) is 0 Å². The first-order chi connectivity index (χ1) is 14.0. The van der Waals surface area contributed by atoms with Gasteiger partial charge in [0.1, 0.15) is 17.7 Å². The molecule has 4 atom stereocenters. The molecular formula is C18H18N6O5. The van der Waals surface area contributed by atoms with Crippen LogP contribution >= 0.6 is 0 Å². The van der Waals surface area contributed by atoms with E-state index in [-0.39, 0.29) is 22.8 Å². The smallest absolute Gasteiger partial charge is 0.252 e. The summed E-state index contributed by atoms with van der Waals surface area (Å²) in [4.78, 5) is 24.7. The molecule has 29 heavy (non-hydrogen) atoms. The first-order valence-corrected chi connectivity index (χ1v) is 8.84. The molecule has 3 aromatic rings. The topological polar surface area (TPSA) is 162 Å². The third kappa shape index (κ3) is 3.40. The highest BCUT2D eigenvalue weighted by Crippen LogP contribution is 2.32. The predicted molar refractivity (Wildman–Crippen MR) is 99.0 cm³/mol. The number of imidazole rings is 1. The number of aliphatic hydroxyl groups excluding tert-OH is 2. The van der Waals surface area contributed by atoms with E-state index in [1.165, 1.54) is 17.2 Å². The maximum Gasteiger partial charge on any atom is 0.252 e.